The minimum absolute atomic E-state index is 0.157. The Morgan fingerprint density at radius 2 is 2.42 bits per heavy atom. The third kappa shape index (κ3) is 2.54. The van der Waals surface area contributed by atoms with Crippen LogP contribution in [-0.2, 0) is 11.2 Å². The van der Waals surface area contributed by atoms with Crippen LogP contribution in [-0.4, -0.2) is 34.4 Å². The van der Waals surface area contributed by atoms with Gasteiger partial charge < -0.3 is 10.6 Å². The number of hydrogen-bond acceptors (Lipinski definition) is 4. The number of nitrogens with two attached hydrogens (primary N) is 1. The minimum Gasteiger partial charge on any atom is -0.340 e. The van der Waals surface area contributed by atoms with Crippen LogP contribution in [0.5, 0.6) is 0 Å². The van der Waals surface area contributed by atoms with Crippen LogP contribution in [0.4, 0.5) is 0 Å². The van der Waals surface area contributed by atoms with Gasteiger partial charge in [0.25, 0.3) is 0 Å². The number of amides is 1. The van der Waals surface area contributed by atoms with Crippen molar-refractivity contribution in [1.82, 2.24) is 9.88 Å². The molecule has 2 heterocycles. The van der Waals surface area contributed by atoms with Crippen LogP contribution in [0.1, 0.15) is 49.2 Å². The molecular weight excluding hydrogens is 258 g/mol. The summed E-state index contributed by atoms with van der Waals surface area (Å²) in [5.74, 6) is 0.565. The number of nitrogens with zero attached hydrogens (tertiary/aromatic N) is 2. The summed E-state index contributed by atoms with van der Waals surface area (Å²) in [6.45, 7) is 3.79. The number of likely N-dealkylation sites (tertiary alicyclic amines) is 1. The smallest absolute Gasteiger partial charge is 0.242 e. The maximum absolute atomic E-state index is 12.3. The molecule has 1 aliphatic carbocycles. The second-order valence-electron chi connectivity index (χ2n) is 5.78. The van der Waals surface area contributed by atoms with Crippen LogP contribution in [0.2, 0.25) is 0 Å². The van der Waals surface area contributed by atoms with Crippen molar-refractivity contribution in [2.75, 3.05) is 13.1 Å². The van der Waals surface area contributed by atoms with E-state index in [2.05, 4.69) is 17.3 Å². The third-order valence-electron chi connectivity index (χ3n) is 4.20. The van der Waals surface area contributed by atoms with Crippen molar-refractivity contribution >= 4 is 17.2 Å². The lowest BCUT2D eigenvalue weighted by Crippen LogP contribution is -2.49. The molecule has 2 aliphatic rings. The van der Waals surface area contributed by atoms with E-state index in [4.69, 9.17) is 5.73 Å². The Balaban J connectivity index is 1.69. The highest BCUT2D eigenvalue weighted by atomic mass is 32.1. The number of aromatic nitrogens is 1. The number of aryl methyl sites for hydroxylation is 1. The lowest BCUT2D eigenvalue weighted by Gasteiger charge is -2.33. The summed E-state index contributed by atoms with van der Waals surface area (Å²) in [5.41, 5.74) is 6.67. The molecule has 1 saturated heterocycles. The van der Waals surface area contributed by atoms with Gasteiger partial charge in [0.1, 0.15) is 0 Å². The molecule has 0 spiro atoms. The molecule has 104 valence electrons. The molecule has 1 amide bonds. The molecule has 1 aromatic rings. The fraction of sp³-hybridized carbons (Fsp3) is 0.714. The van der Waals surface area contributed by atoms with E-state index >= 15 is 0 Å². The van der Waals surface area contributed by atoms with Gasteiger partial charge in [-0.15, -0.1) is 11.3 Å². The van der Waals surface area contributed by atoms with Gasteiger partial charge in [0, 0.05) is 24.4 Å². The van der Waals surface area contributed by atoms with Gasteiger partial charge in [-0.05, 0) is 32.1 Å². The summed E-state index contributed by atoms with van der Waals surface area (Å²) in [7, 11) is 0. The number of piperidine rings is 1. The van der Waals surface area contributed by atoms with Crippen LogP contribution in [0.25, 0.3) is 0 Å². The van der Waals surface area contributed by atoms with E-state index < -0.39 is 5.54 Å². The number of carbonyl (C=O) groups is 1. The van der Waals surface area contributed by atoms with Crippen LogP contribution < -0.4 is 5.73 Å². The predicted octanol–water partition coefficient (Wildman–Crippen LogP) is 1.90. The Kier molecular flexibility index (Phi) is 3.35. The molecule has 19 heavy (non-hydrogen) atoms. The quantitative estimate of drug-likeness (QED) is 0.919. The largest absolute Gasteiger partial charge is 0.340 e. The van der Waals surface area contributed by atoms with E-state index in [1.807, 2.05) is 4.90 Å². The fourth-order valence-corrected chi connectivity index (χ4v) is 3.73. The first-order valence-corrected chi connectivity index (χ1v) is 8.03. The summed E-state index contributed by atoms with van der Waals surface area (Å²) in [6, 6.07) is 0. The zero-order valence-corrected chi connectivity index (χ0v) is 12.2. The van der Waals surface area contributed by atoms with Crippen LogP contribution in [0, 0.1) is 0 Å². The monoisotopic (exact) mass is 279 g/mol. The van der Waals surface area contributed by atoms with Gasteiger partial charge in [-0.1, -0.05) is 6.92 Å². The second kappa shape index (κ2) is 4.87. The van der Waals surface area contributed by atoms with Crippen molar-refractivity contribution in [2.45, 2.75) is 50.5 Å². The van der Waals surface area contributed by atoms with Crippen molar-refractivity contribution < 1.29 is 4.79 Å². The van der Waals surface area contributed by atoms with Gasteiger partial charge in [-0.2, -0.15) is 0 Å². The SMILES string of the molecule is CCc1csc(C2CCCN(C(=O)C3(N)CC3)C2)n1. The van der Waals surface area contributed by atoms with E-state index in [9.17, 15) is 4.79 Å². The minimum atomic E-state index is -0.528. The lowest BCUT2D eigenvalue weighted by atomic mass is 9.98. The van der Waals surface area contributed by atoms with Gasteiger partial charge in [-0.3, -0.25) is 4.79 Å². The molecule has 4 nitrogen and oxygen atoms in total. The average molecular weight is 279 g/mol. The summed E-state index contributed by atoms with van der Waals surface area (Å²) in [4.78, 5) is 18.9. The molecule has 0 bridgehead atoms. The maximum Gasteiger partial charge on any atom is 0.242 e. The van der Waals surface area contributed by atoms with E-state index in [-0.39, 0.29) is 5.91 Å². The normalized spacial score (nSPS) is 25.4. The molecule has 1 unspecified atom stereocenters. The molecule has 0 radical (unpaired) electrons. The molecule has 5 heteroatoms. The molecular formula is C14H21N3OS. The first kappa shape index (κ1) is 13.1. The Morgan fingerprint density at radius 3 is 3.05 bits per heavy atom. The van der Waals surface area contributed by atoms with Crippen molar-refractivity contribution in [3.8, 4) is 0 Å². The fourth-order valence-electron chi connectivity index (χ4n) is 2.70. The predicted molar refractivity (Wildman–Crippen MR) is 76.2 cm³/mol. The molecule has 2 fully saturated rings. The highest BCUT2D eigenvalue weighted by Gasteiger charge is 2.48. The van der Waals surface area contributed by atoms with Gasteiger partial charge in [-0.25, -0.2) is 4.98 Å². The molecule has 3 rings (SSSR count). The van der Waals surface area contributed by atoms with Gasteiger partial charge in [0.15, 0.2) is 0 Å². The van der Waals surface area contributed by atoms with Gasteiger partial charge >= 0.3 is 0 Å². The second-order valence-corrected chi connectivity index (χ2v) is 6.67. The zero-order chi connectivity index (χ0) is 13.5. The van der Waals surface area contributed by atoms with Crippen LogP contribution in [0.3, 0.4) is 0 Å². The summed E-state index contributed by atoms with van der Waals surface area (Å²) < 4.78 is 0. The number of rotatable bonds is 3. The summed E-state index contributed by atoms with van der Waals surface area (Å²) >= 11 is 1.74. The summed E-state index contributed by atoms with van der Waals surface area (Å²) in [5, 5.41) is 3.33. The van der Waals surface area contributed by atoms with Crippen molar-refractivity contribution in [3.63, 3.8) is 0 Å². The van der Waals surface area contributed by atoms with Crippen LogP contribution >= 0.6 is 11.3 Å². The molecule has 0 aromatic carbocycles. The molecule has 1 saturated carbocycles. The van der Waals surface area contributed by atoms with E-state index in [0.29, 0.717) is 5.92 Å². The highest BCUT2D eigenvalue weighted by Crippen LogP contribution is 2.37. The topological polar surface area (TPSA) is 59.2 Å². The van der Waals surface area contributed by atoms with Crippen molar-refractivity contribution in [3.05, 3.63) is 16.1 Å². The molecule has 2 N–H and O–H groups in total. The molecule has 1 aromatic heterocycles. The number of carbonyl (C=O) groups excluding carboxylic acids is 1. The number of thiazole rings is 1. The Hall–Kier alpha value is -0.940. The number of hydrogen-bond donors (Lipinski definition) is 1. The maximum atomic E-state index is 12.3. The first-order valence-electron chi connectivity index (χ1n) is 7.15. The standard InChI is InChI=1S/C14H21N3OS/c1-2-11-9-19-12(16-11)10-4-3-7-17(8-10)13(18)14(15)5-6-14/h9-10H,2-8,15H2,1H3. The highest BCUT2D eigenvalue weighted by molar-refractivity contribution is 7.09. The van der Waals surface area contributed by atoms with E-state index in [1.165, 1.54) is 10.7 Å². The van der Waals surface area contributed by atoms with E-state index in [0.717, 1.165) is 45.2 Å². The van der Waals surface area contributed by atoms with Crippen molar-refractivity contribution in [2.24, 2.45) is 5.73 Å². The molecule has 1 atom stereocenters. The van der Waals surface area contributed by atoms with Gasteiger partial charge in [0.05, 0.1) is 16.2 Å². The average Bonchev–Trinajstić information content (AvgIpc) is 3.02. The summed E-state index contributed by atoms with van der Waals surface area (Å²) in [6.07, 6.45) is 4.89. The zero-order valence-electron chi connectivity index (χ0n) is 11.4. The Labute approximate surface area is 118 Å². The third-order valence-corrected chi connectivity index (χ3v) is 5.26. The van der Waals surface area contributed by atoms with Crippen molar-refractivity contribution in [1.29, 1.82) is 0 Å². The Bertz CT molecular complexity index is 481. The first-order chi connectivity index (χ1) is 9.12. The molecule has 1 aliphatic heterocycles. The Morgan fingerprint density at radius 1 is 1.63 bits per heavy atom. The van der Waals surface area contributed by atoms with Gasteiger partial charge in [0.2, 0.25) is 5.91 Å². The lowest BCUT2D eigenvalue weighted by molar-refractivity contribution is -0.134. The van der Waals surface area contributed by atoms with E-state index in [1.54, 1.807) is 11.3 Å². The van der Waals surface area contributed by atoms with Crippen LogP contribution in [0.15, 0.2) is 5.38 Å².